The van der Waals surface area contributed by atoms with E-state index in [1.165, 1.54) is 0 Å². The van der Waals surface area contributed by atoms with Gasteiger partial charge in [0, 0.05) is 19.1 Å². The van der Waals surface area contributed by atoms with Crippen LogP contribution in [0.25, 0.3) is 0 Å². The number of piperidine rings is 1. The van der Waals surface area contributed by atoms with Crippen molar-refractivity contribution in [1.29, 1.82) is 0 Å². The Hall–Kier alpha value is -0.650. The van der Waals surface area contributed by atoms with Crippen LogP contribution in [0.1, 0.15) is 12.8 Å². The van der Waals surface area contributed by atoms with Crippen molar-refractivity contribution in [2.75, 3.05) is 26.7 Å². The second-order valence-corrected chi connectivity index (χ2v) is 3.25. The predicted octanol–water partition coefficient (Wildman–Crippen LogP) is -0.913. The zero-order valence-corrected chi connectivity index (χ0v) is 7.95. The molecule has 0 unspecified atom stereocenters. The van der Waals surface area contributed by atoms with E-state index in [1.54, 1.807) is 4.90 Å². The number of nitrogens with one attached hydrogen (secondary N) is 1. The number of carbonyl (C=O) groups excluding carboxylic acids is 1. The zero-order chi connectivity index (χ0) is 9.68. The van der Waals surface area contributed by atoms with Gasteiger partial charge in [0.25, 0.3) is 5.91 Å². The monoisotopic (exact) mass is 187 g/mol. The smallest absolute Gasteiger partial charge is 0.250 e. The molecule has 0 aromatic heterocycles. The Kier molecular flexibility index (Phi) is 4.14. The van der Waals surface area contributed by atoms with E-state index in [1.807, 2.05) is 7.05 Å². The number of nitrogens with two attached hydrogens (primary N) is 1. The molecule has 0 atom stereocenters. The van der Waals surface area contributed by atoms with Gasteiger partial charge in [0.1, 0.15) is 6.61 Å². The van der Waals surface area contributed by atoms with Crippen LogP contribution in [0.3, 0.4) is 0 Å². The van der Waals surface area contributed by atoms with Gasteiger partial charge in [0.15, 0.2) is 0 Å². The van der Waals surface area contributed by atoms with Crippen LogP contribution in [-0.4, -0.2) is 43.6 Å². The predicted molar refractivity (Wildman–Crippen MR) is 48.8 cm³/mol. The van der Waals surface area contributed by atoms with E-state index in [4.69, 9.17) is 5.90 Å². The van der Waals surface area contributed by atoms with Crippen LogP contribution in [0, 0.1) is 0 Å². The van der Waals surface area contributed by atoms with E-state index in [2.05, 4.69) is 10.2 Å². The van der Waals surface area contributed by atoms with Crippen LogP contribution in [0.15, 0.2) is 0 Å². The first-order chi connectivity index (χ1) is 6.27. The topological polar surface area (TPSA) is 67.6 Å². The van der Waals surface area contributed by atoms with Gasteiger partial charge in [-0.25, -0.2) is 5.90 Å². The Balaban J connectivity index is 2.28. The molecule has 5 heteroatoms. The lowest BCUT2D eigenvalue weighted by Gasteiger charge is -2.31. The standard InChI is InChI=1S/C8H17N3O2/c1-10-7-2-4-11(5-3-7)8(12)6-13-9/h7,10H,2-6,9H2,1H3. The first-order valence-electron chi connectivity index (χ1n) is 4.54. The summed E-state index contributed by atoms with van der Waals surface area (Å²) in [5.41, 5.74) is 0. The van der Waals surface area contributed by atoms with Gasteiger partial charge in [-0.05, 0) is 19.9 Å². The van der Waals surface area contributed by atoms with E-state index in [0.717, 1.165) is 25.9 Å². The van der Waals surface area contributed by atoms with Crippen molar-refractivity contribution in [1.82, 2.24) is 10.2 Å². The first kappa shape index (κ1) is 10.4. The third kappa shape index (κ3) is 2.95. The van der Waals surface area contributed by atoms with Gasteiger partial charge in [0.05, 0.1) is 0 Å². The summed E-state index contributed by atoms with van der Waals surface area (Å²) in [7, 11) is 1.95. The summed E-state index contributed by atoms with van der Waals surface area (Å²) in [5, 5.41) is 3.20. The molecule has 0 bridgehead atoms. The van der Waals surface area contributed by atoms with Gasteiger partial charge in [-0.3, -0.25) is 9.63 Å². The van der Waals surface area contributed by atoms with E-state index in [0.29, 0.717) is 6.04 Å². The third-order valence-electron chi connectivity index (χ3n) is 2.46. The molecular formula is C8H17N3O2. The molecule has 1 rings (SSSR count). The lowest BCUT2D eigenvalue weighted by atomic mass is 10.1. The van der Waals surface area contributed by atoms with Crippen molar-refractivity contribution in [3.63, 3.8) is 0 Å². The van der Waals surface area contributed by atoms with Crippen molar-refractivity contribution < 1.29 is 9.63 Å². The SMILES string of the molecule is CNC1CCN(C(=O)CON)CC1. The highest BCUT2D eigenvalue weighted by Crippen LogP contribution is 2.09. The molecular weight excluding hydrogens is 170 g/mol. The average molecular weight is 187 g/mol. The number of hydrogen-bond acceptors (Lipinski definition) is 4. The van der Waals surface area contributed by atoms with E-state index in [-0.39, 0.29) is 12.5 Å². The van der Waals surface area contributed by atoms with Crippen molar-refractivity contribution in [3.05, 3.63) is 0 Å². The number of nitrogens with zero attached hydrogens (tertiary/aromatic N) is 1. The minimum absolute atomic E-state index is 0.00970. The molecule has 1 aliphatic heterocycles. The molecule has 5 nitrogen and oxygen atoms in total. The summed E-state index contributed by atoms with van der Waals surface area (Å²) < 4.78 is 0. The Morgan fingerprint density at radius 3 is 2.69 bits per heavy atom. The normalized spacial score (nSPS) is 19.1. The molecule has 0 aromatic carbocycles. The minimum atomic E-state index is -0.0166. The highest BCUT2D eigenvalue weighted by Gasteiger charge is 2.21. The maximum Gasteiger partial charge on any atom is 0.250 e. The molecule has 0 aliphatic carbocycles. The Labute approximate surface area is 78.2 Å². The second kappa shape index (κ2) is 5.16. The average Bonchev–Trinajstić information content (AvgIpc) is 2.18. The molecule has 0 radical (unpaired) electrons. The quantitative estimate of drug-likeness (QED) is 0.561. The molecule has 3 N–H and O–H groups in total. The van der Waals surface area contributed by atoms with E-state index < -0.39 is 0 Å². The fourth-order valence-corrected chi connectivity index (χ4v) is 1.58. The van der Waals surface area contributed by atoms with Crippen molar-refractivity contribution in [3.8, 4) is 0 Å². The summed E-state index contributed by atoms with van der Waals surface area (Å²) in [6, 6.07) is 0.544. The Morgan fingerprint density at radius 1 is 1.62 bits per heavy atom. The Morgan fingerprint density at radius 2 is 2.23 bits per heavy atom. The highest BCUT2D eigenvalue weighted by molar-refractivity contribution is 5.77. The van der Waals surface area contributed by atoms with Gasteiger partial charge < -0.3 is 10.2 Å². The van der Waals surface area contributed by atoms with E-state index >= 15 is 0 Å². The molecule has 1 fully saturated rings. The third-order valence-corrected chi connectivity index (χ3v) is 2.46. The fraction of sp³-hybridized carbons (Fsp3) is 0.875. The number of rotatable bonds is 3. The molecule has 1 heterocycles. The lowest BCUT2D eigenvalue weighted by Crippen LogP contribution is -2.45. The summed E-state index contributed by atoms with van der Waals surface area (Å²) in [6.45, 7) is 1.59. The first-order valence-corrected chi connectivity index (χ1v) is 4.54. The molecule has 76 valence electrons. The maximum atomic E-state index is 11.3. The van der Waals surface area contributed by atoms with Crippen LogP contribution in [0.2, 0.25) is 0 Å². The fourth-order valence-electron chi connectivity index (χ4n) is 1.58. The molecule has 1 saturated heterocycles. The molecule has 13 heavy (non-hydrogen) atoms. The number of carbonyl (C=O) groups is 1. The largest absolute Gasteiger partial charge is 0.341 e. The van der Waals surface area contributed by atoms with Crippen LogP contribution >= 0.6 is 0 Å². The molecule has 0 aromatic rings. The van der Waals surface area contributed by atoms with E-state index in [9.17, 15) is 4.79 Å². The van der Waals surface area contributed by atoms with Crippen LogP contribution < -0.4 is 11.2 Å². The molecule has 1 aliphatic rings. The van der Waals surface area contributed by atoms with Crippen molar-refractivity contribution >= 4 is 5.91 Å². The van der Waals surface area contributed by atoms with Gasteiger partial charge in [-0.1, -0.05) is 0 Å². The minimum Gasteiger partial charge on any atom is -0.341 e. The van der Waals surface area contributed by atoms with Gasteiger partial charge in [0.2, 0.25) is 0 Å². The summed E-state index contributed by atoms with van der Waals surface area (Å²) in [6.07, 6.45) is 2.01. The maximum absolute atomic E-state index is 11.3. The summed E-state index contributed by atoms with van der Waals surface area (Å²) >= 11 is 0. The van der Waals surface area contributed by atoms with Crippen LogP contribution in [-0.2, 0) is 9.63 Å². The second-order valence-electron chi connectivity index (χ2n) is 3.25. The van der Waals surface area contributed by atoms with Crippen LogP contribution in [0.5, 0.6) is 0 Å². The number of likely N-dealkylation sites (tertiary alicyclic amines) is 1. The Bertz CT molecular complexity index is 167. The van der Waals surface area contributed by atoms with Crippen LogP contribution in [0.4, 0.5) is 0 Å². The molecule has 0 saturated carbocycles. The summed E-state index contributed by atoms with van der Waals surface area (Å²) in [5.74, 6) is 4.81. The number of amides is 1. The van der Waals surface area contributed by atoms with Crippen molar-refractivity contribution in [2.24, 2.45) is 5.90 Å². The van der Waals surface area contributed by atoms with Gasteiger partial charge >= 0.3 is 0 Å². The molecule has 1 amide bonds. The zero-order valence-electron chi connectivity index (χ0n) is 7.95. The molecule has 0 spiro atoms. The van der Waals surface area contributed by atoms with Gasteiger partial charge in [-0.15, -0.1) is 0 Å². The highest BCUT2D eigenvalue weighted by atomic mass is 16.6. The number of hydrogen-bond donors (Lipinski definition) is 2. The van der Waals surface area contributed by atoms with Crippen molar-refractivity contribution in [2.45, 2.75) is 18.9 Å². The summed E-state index contributed by atoms with van der Waals surface area (Å²) in [4.78, 5) is 17.4. The lowest BCUT2D eigenvalue weighted by molar-refractivity contribution is -0.137. The van der Waals surface area contributed by atoms with Gasteiger partial charge in [-0.2, -0.15) is 0 Å².